The number of aryl methyl sites for hydroxylation is 3. The van der Waals surface area contributed by atoms with Gasteiger partial charge in [0.05, 0.1) is 6.10 Å². The van der Waals surface area contributed by atoms with E-state index in [2.05, 4.69) is 54.2 Å². The fourth-order valence-corrected chi connectivity index (χ4v) is 3.48. The number of rotatable bonds is 7. The quantitative estimate of drug-likeness (QED) is 0.623. The maximum absolute atomic E-state index is 12.3. The van der Waals surface area contributed by atoms with Crippen molar-refractivity contribution in [2.45, 2.75) is 39.2 Å². The molecule has 0 spiro atoms. The Labute approximate surface area is 178 Å². The maximum atomic E-state index is 12.3. The number of carbonyl (C=O) groups is 1. The van der Waals surface area contributed by atoms with E-state index < -0.39 is 12.0 Å². The molecule has 2 aromatic rings. The van der Waals surface area contributed by atoms with Crippen molar-refractivity contribution in [1.29, 1.82) is 0 Å². The fourth-order valence-electron chi connectivity index (χ4n) is 3.03. The highest BCUT2D eigenvalue weighted by molar-refractivity contribution is 9.10. The Hall–Kier alpha value is -2.45. The minimum Gasteiger partial charge on any atom is -0.387 e. The van der Waals surface area contributed by atoms with Crippen molar-refractivity contribution in [3.63, 3.8) is 0 Å². The first-order chi connectivity index (χ1) is 13.9. The van der Waals surface area contributed by atoms with Crippen LogP contribution >= 0.6 is 15.9 Å². The van der Waals surface area contributed by atoms with Crippen LogP contribution in [0, 0.1) is 19.8 Å². The lowest BCUT2D eigenvalue weighted by Crippen LogP contribution is -2.42. The average molecular weight is 458 g/mol. The van der Waals surface area contributed by atoms with Gasteiger partial charge in [-0.15, -0.1) is 0 Å². The number of aliphatic hydroxyl groups is 1. The molecule has 7 nitrogen and oxygen atoms in total. The van der Waals surface area contributed by atoms with Crippen molar-refractivity contribution in [3.05, 3.63) is 57.6 Å². The third-order valence-corrected chi connectivity index (χ3v) is 5.18. The van der Waals surface area contributed by atoms with E-state index in [-0.39, 0.29) is 5.91 Å². The topological polar surface area (TPSA) is 99.8 Å². The summed E-state index contributed by atoms with van der Waals surface area (Å²) in [6.45, 7) is 4.49. The van der Waals surface area contributed by atoms with Crippen LogP contribution in [-0.4, -0.2) is 39.7 Å². The van der Waals surface area contributed by atoms with E-state index >= 15 is 0 Å². The lowest BCUT2D eigenvalue weighted by atomic mass is 9.96. The largest absolute Gasteiger partial charge is 0.387 e. The molecular weight excluding hydrogens is 434 g/mol. The lowest BCUT2D eigenvalue weighted by molar-refractivity contribution is -0.124. The van der Waals surface area contributed by atoms with Crippen LogP contribution < -0.4 is 5.32 Å². The summed E-state index contributed by atoms with van der Waals surface area (Å²) >= 11 is 3.42. The van der Waals surface area contributed by atoms with E-state index in [0.717, 1.165) is 35.1 Å². The van der Waals surface area contributed by atoms with Gasteiger partial charge in [-0.25, -0.2) is 4.99 Å². The summed E-state index contributed by atoms with van der Waals surface area (Å²) in [5, 5.41) is 13.1. The minimum atomic E-state index is -0.991. The van der Waals surface area contributed by atoms with E-state index in [0.29, 0.717) is 18.1 Å². The third kappa shape index (κ3) is 5.77. The van der Waals surface area contributed by atoms with E-state index in [1.54, 1.807) is 18.3 Å². The molecule has 0 aliphatic carbocycles. The van der Waals surface area contributed by atoms with Gasteiger partial charge in [0, 0.05) is 41.0 Å². The molecule has 29 heavy (non-hydrogen) atoms. The Bertz CT molecular complexity index is 927. The van der Waals surface area contributed by atoms with Gasteiger partial charge in [-0.3, -0.25) is 25.1 Å². The number of hydrogen-bond donors (Lipinski definition) is 2. The zero-order valence-electron chi connectivity index (χ0n) is 16.5. The number of aliphatic imine (C=N–C) groups is 2. The molecular formula is C21H24BrN5O2. The molecule has 8 heteroatoms. The SMILES string of the molecule is Cc1ccc(C(O)C2C=NC(=NCCCCc3ncc(Br)cc3C)NC2=O)cn1. The molecule has 0 fully saturated rings. The Kier molecular flexibility index (Phi) is 7.22. The van der Waals surface area contributed by atoms with Crippen LogP contribution in [0.1, 0.15) is 41.5 Å². The van der Waals surface area contributed by atoms with Crippen LogP contribution in [0.2, 0.25) is 0 Å². The summed E-state index contributed by atoms with van der Waals surface area (Å²) in [5.41, 5.74) is 3.69. The first-order valence-electron chi connectivity index (χ1n) is 9.55. The van der Waals surface area contributed by atoms with Gasteiger partial charge in [0.15, 0.2) is 0 Å². The van der Waals surface area contributed by atoms with Crippen molar-refractivity contribution >= 4 is 34.0 Å². The van der Waals surface area contributed by atoms with Gasteiger partial charge in [0.2, 0.25) is 11.9 Å². The number of pyridine rings is 2. The summed E-state index contributed by atoms with van der Waals surface area (Å²) in [7, 11) is 0. The molecule has 3 heterocycles. The number of nitrogens with one attached hydrogen (secondary N) is 1. The number of carbonyl (C=O) groups excluding carboxylic acids is 1. The monoisotopic (exact) mass is 457 g/mol. The van der Waals surface area contributed by atoms with E-state index in [9.17, 15) is 9.90 Å². The molecule has 2 N–H and O–H groups in total. The molecule has 1 aliphatic rings. The molecule has 2 atom stereocenters. The van der Waals surface area contributed by atoms with Gasteiger partial charge >= 0.3 is 0 Å². The summed E-state index contributed by atoms with van der Waals surface area (Å²) < 4.78 is 0.984. The zero-order chi connectivity index (χ0) is 20.8. The number of aliphatic hydroxyl groups excluding tert-OH is 1. The van der Waals surface area contributed by atoms with E-state index in [4.69, 9.17) is 0 Å². The fraction of sp³-hybridized carbons (Fsp3) is 0.381. The number of guanidine groups is 1. The number of nitrogens with zero attached hydrogens (tertiary/aromatic N) is 4. The Balaban J connectivity index is 1.50. The summed E-state index contributed by atoms with van der Waals surface area (Å²) in [6.07, 6.45) is 6.56. The van der Waals surface area contributed by atoms with Gasteiger partial charge in [-0.1, -0.05) is 6.07 Å². The first-order valence-corrected chi connectivity index (χ1v) is 10.3. The maximum Gasteiger partial charge on any atom is 0.238 e. The van der Waals surface area contributed by atoms with Crippen LogP contribution in [0.25, 0.3) is 0 Å². The molecule has 2 aromatic heterocycles. The van der Waals surface area contributed by atoms with E-state index in [1.165, 1.54) is 11.8 Å². The molecule has 3 rings (SSSR count). The number of unbranched alkanes of at least 4 members (excludes halogenated alkanes) is 1. The highest BCUT2D eigenvalue weighted by Crippen LogP contribution is 2.22. The second-order valence-corrected chi connectivity index (χ2v) is 7.97. The normalized spacial score (nSPS) is 18.7. The van der Waals surface area contributed by atoms with Crippen molar-refractivity contribution in [1.82, 2.24) is 15.3 Å². The summed E-state index contributed by atoms with van der Waals surface area (Å²) in [5.74, 6) is -0.787. The minimum absolute atomic E-state index is 0.290. The van der Waals surface area contributed by atoms with Gasteiger partial charge in [0.25, 0.3) is 0 Å². The van der Waals surface area contributed by atoms with Gasteiger partial charge in [0.1, 0.15) is 5.92 Å². The predicted octanol–water partition coefficient (Wildman–Crippen LogP) is 3.09. The zero-order valence-corrected chi connectivity index (χ0v) is 18.1. The van der Waals surface area contributed by atoms with Crippen LogP contribution in [-0.2, 0) is 11.2 Å². The van der Waals surface area contributed by atoms with Crippen molar-refractivity contribution in [2.75, 3.05) is 6.54 Å². The van der Waals surface area contributed by atoms with Crippen molar-refractivity contribution in [3.8, 4) is 0 Å². The number of hydrogen-bond acceptors (Lipinski definition) is 5. The molecule has 0 saturated carbocycles. The molecule has 2 unspecified atom stereocenters. The van der Waals surface area contributed by atoms with Crippen molar-refractivity contribution in [2.24, 2.45) is 15.9 Å². The van der Waals surface area contributed by atoms with Crippen LogP contribution in [0.4, 0.5) is 0 Å². The smallest absolute Gasteiger partial charge is 0.238 e. The highest BCUT2D eigenvalue weighted by Gasteiger charge is 2.30. The average Bonchev–Trinajstić information content (AvgIpc) is 2.69. The predicted molar refractivity (Wildman–Crippen MR) is 116 cm³/mol. The van der Waals surface area contributed by atoms with Crippen LogP contribution in [0.5, 0.6) is 0 Å². The standard InChI is InChI=1S/C21H24BrN5O2/c1-13-9-16(22)11-25-18(13)5-3-4-8-23-21-26-12-17(20(29)27-21)19(28)15-7-6-14(2)24-10-15/h6-7,9-12,17,19,28H,3-5,8H2,1-2H3,(H,23,27,29). The lowest BCUT2D eigenvalue weighted by Gasteiger charge is -2.22. The number of halogens is 1. The Morgan fingerprint density at radius 2 is 2.07 bits per heavy atom. The molecule has 0 radical (unpaired) electrons. The van der Waals surface area contributed by atoms with Crippen LogP contribution in [0.15, 0.2) is 45.1 Å². The van der Waals surface area contributed by atoms with Gasteiger partial charge in [-0.05, 0) is 72.3 Å². The molecule has 0 saturated heterocycles. The first kappa shape index (κ1) is 21.3. The number of amides is 1. The van der Waals surface area contributed by atoms with Crippen molar-refractivity contribution < 1.29 is 9.90 Å². The molecule has 0 bridgehead atoms. The third-order valence-electron chi connectivity index (χ3n) is 4.75. The molecule has 1 aliphatic heterocycles. The molecule has 152 valence electrons. The van der Waals surface area contributed by atoms with Gasteiger partial charge in [-0.2, -0.15) is 0 Å². The highest BCUT2D eigenvalue weighted by atomic mass is 79.9. The van der Waals surface area contributed by atoms with E-state index in [1.807, 2.05) is 13.1 Å². The van der Waals surface area contributed by atoms with Crippen LogP contribution in [0.3, 0.4) is 0 Å². The Morgan fingerprint density at radius 1 is 1.24 bits per heavy atom. The second kappa shape index (κ2) is 9.84. The molecule has 0 aromatic carbocycles. The molecule has 1 amide bonds. The number of aromatic nitrogens is 2. The summed E-state index contributed by atoms with van der Waals surface area (Å²) in [4.78, 5) is 29.5. The van der Waals surface area contributed by atoms with Gasteiger partial charge < -0.3 is 5.11 Å². The summed E-state index contributed by atoms with van der Waals surface area (Å²) in [6, 6.07) is 5.63. The Morgan fingerprint density at radius 3 is 2.76 bits per heavy atom. The second-order valence-electron chi connectivity index (χ2n) is 7.05.